The van der Waals surface area contributed by atoms with Gasteiger partial charge in [-0.25, -0.2) is 9.97 Å². The molecule has 9 heteroatoms. The Balaban J connectivity index is 1.26. The number of hydrogen-bond acceptors (Lipinski definition) is 6. The fourth-order valence-electron chi connectivity index (χ4n) is 3.34. The third kappa shape index (κ3) is 5.33. The Bertz CT molecular complexity index is 1480. The van der Waals surface area contributed by atoms with Gasteiger partial charge in [0, 0.05) is 17.5 Å². The second kappa shape index (κ2) is 9.90. The largest absolute Gasteiger partial charge is 0.369 e. The minimum Gasteiger partial charge on any atom is -0.369 e. The van der Waals surface area contributed by atoms with E-state index in [4.69, 9.17) is 5.73 Å². The summed E-state index contributed by atoms with van der Waals surface area (Å²) >= 11 is 3.15. The van der Waals surface area contributed by atoms with Gasteiger partial charge in [0.2, 0.25) is 11.9 Å². The van der Waals surface area contributed by atoms with Gasteiger partial charge < -0.3 is 11.1 Å². The Labute approximate surface area is 203 Å². The average molecular weight is 485 g/mol. The minimum absolute atomic E-state index is 0.131. The van der Waals surface area contributed by atoms with Crippen molar-refractivity contribution in [2.75, 3.05) is 5.32 Å². The molecule has 0 saturated carbocycles. The number of H-pyrrole nitrogens is 1. The number of guanidine groups is 1. The van der Waals surface area contributed by atoms with Crippen LogP contribution in [0.3, 0.4) is 0 Å². The minimum atomic E-state index is -0.284. The first kappa shape index (κ1) is 21.9. The zero-order valence-electron chi connectivity index (χ0n) is 17.9. The molecule has 0 radical (unpaired) electrons. The normalized spacial score (nSPS) is 11.6. The van der Waals surface area contributed by atoms with Crippen molar-refractivity contribution in [2.45, 2.75) is 10.1 Å². The van der Waals surface area contributed by atoms with Crippen LogP contribution >= 0.6 is 23.1 Å². The molecule has 5 aromatic rings. The quantitative estimate of drug-likeness (QED) is 0.169. The summed E-state index contributed by atoms with van der Waals surface area (Å²) in [6.45, 7) is 0. The summed E-state index contributed by atoms with van der Waals surface area (Å²) in [7, 11) is 0. The molecule has 0 aliphatic rings. The highest BCUT2D eigenvalue weighted by Gasteiger charge is 2.07. The SMILES string of the molecule is N/C(=N\c1nc(CSc2nc3ccccc3s2)cc(=O)[nH]1)Nc1ccc(-c2ccccc2)cc1. The van der Waals surface area contributed by atoms with Gasteiger partial charge in [0.05, 0.1) is 15.9 Å². The summed E-state index contributed by atoms with van der Waals surface area (Å²) in [5, 5.41) is 3.03. The summed E-state index contributed by atoms with van der Waals surface area (Å²) in [5.74, 6) is 0.783. The van der Waals surface area contributed by atoms with Crippen molar-refractivity contribution in [2.24, 2.45) is 10.7 Å². The van der Waals surface area contributed by atoms with Crippen LogP contribution < -0.4 is 16.6 Å². The maximum Gasteiger partial charge on any atom is 0.252 e. The Morgan fingerprint density at radius 3 is 2.50 bits per heavy atom. The van der Waals surface area contributed by atoms with Crippen LogP contribution in [0.2, 0.25) is 0 Å². The van der Waals surface area contributed by atoms with E-state index in [9.17, 15) is 4.79 Å². The molecule has 0 aliphatic heterocycles. The van der Waals surface area contributed by atoms with Gasteiger partial charge >= 0.3 is 0 Å². The maximum absolute atomic E-state index is 12.1. The summed E-state index contributed by atoms with van der Waals surface area (Å²) in [5.41, 5.74) is 10.4. The van der Waals surface area contributed by atoms with E-state index in [1.54, 1.807) is 11.3 Å². The van der Waals surface area contributed by atoms with E-state index in [1.165, 1.54) is 17.8 Å². The van der Waals surface area contributed by atoms with Gasteiger partial charge in [-0.15, -0.1) is 11.3 Å². The van der Waals surface area contributed by atoms with E-state index in [1.807, 2.05) is 66.7 Å². The highest BCUT2D eigenvalue weighted by atomic mass is 32.2. The maximum atomic E-state index is 12.1. The number of aliphatic imine (C=N–C) groups is 1. The van der Waals surface area contributed by atoms with E-state index in [2.05, 4.69) is 37.4 Å². The Morgan fingerprint density at radius 2 is 1.71 bits per heavy atom. The summed E-state index contributed by atoms with van der Waals surface area (Å²) in [4.78, 5) is 28.0. The Hall–Kier alpha value is -3.95. The van der Waals surface area contributed by atoms with Crippen LogP contribution in [0.25, 0.3) is 21.3 Å². The number of aromatic amines is 1. The molecule has 0 saturated heterocycles. The standard InChI is InChI=1S/C25H20N6OS2/c26-23(27-18-12-10-17(11-13-18)16-6-2-1-3-7-16)31-24-28-19(14-22(32)30-24)15-33-25-29-20-8-4-5-9-21(20)34-25/h1-14H,15H2,(H4,26,27,28,30,31,32). The van der Waals surface area contributed by atoms with Crippen LogP contribution in [0.4, 0.5) is 11.6 Å². The van der Waals surface area contributed by atoms with Gasteiger partial charge in [0.1, 0.15) is 0 Å². The number of para-hydroxylation sites is 1. The molecule has 0 amide bonds. The molecule has 3 aromatic carbocycles. The number of anilines is 1. The molecule has 7 nitrogen and oxygen atoms in total. The molecular weight excluding hydrogens is 464 g/mol. The van der Waals surface area contributed by atoms with Crippen molar-refractivity contribution in [1.29, 1.82) is 0 Å². The number of rotatable bonds is 6. The highest BCUT2D eigenvalue weighted by molar-refractivity contribution is 8.00. The number of hydrogen-bond donors (Lipinski definition) is 3. The fraction of sp³-hybridized carbons (Fsp3) is 0.0400. The van der Waals surface area contributed by atoms with Gasteiger partial charge in [-0.1, -0.05) is 66.4 Å². The lowest BCUT2D eigenvalue weighted by Crippen LogP contribution is -2.22. The van der Waals surface area contributed by atoms with Crippen molar-refractivity contribution in [3.05, 3.63) is 101 Å². The molecule has 168 valence electrons. The summed E-state index contributed by atoms with van der Waals surface area (Å²) < 4.78 is 2.05. The predicted octanol–water partition coefficient (Wildman–Crippen LogP) is 5.40. The summed E-state index contributed by atoms with van der Waals surface area (Å²) in [6.07, 6.45) is 0. The van der Waals surface area contributed by atoms with Crippen molar-refractivity contribution >= 4 is 50.9 Å². The van der Waals surface area contributed by atoms with E-state index in [0.29, 0.717) is 11.4 Å². The molecule has 0 spiro atoms. The van der Waals surface area contributed by atoms with E-state index in [-0.39, 0.29) is 17.5 Å². The zero-order valence-corrected chi connectivity index (χ0v) is 19.6. The van der Waals surface area contributed by atoms with E-state index < -0.39 is 0 Å². The lowest BCUT2D eigenvalue weighted by molar-refractivity contribution is 1.04. The third-order valence-electron chi connectivity index (χ3n) is 4.89. The molecule has 5 rings (SSSR count). The number of nitrogens with one attached hydrogen (secondary N) is 2. The lowest BCUT2D eigenvalue weighted by atomic mass is 10.1. The number of aromatic nitrogens is 3. The van der Waals surface area contributed by atoms with Crippen LogP contribution in [-0.2, 0) is 5.75 Å². The monoisotopic (exact) mass is 484 g/mol. The summed E-state index contributed by atoms with van der Waals surface area (Å²) in [6, 6.07) is 27.4. The first-order valence-corrected chi connectivity index (χ1v) is 12.3. The van der Waals surface area contributed by atoms with Crippen LogP contribution in [0.5, 0.6) is 0 Å². The molecule has 0 bridgehead atoms. The Kier molecular flexibility index (Phi) is 6.37. The predicted molar refractivity (Wildman–Crippen MR) is 141 cm³/mol. The molecule has 4 N–H and O–H groups in total. The van der Waals surface area contributed by atoms with Crippen LogP contribution in [-0.4, -0.2) is 20.9 Å². The molecule has 0 atom stereocenters. The number of nitrogens with two attached hydrogens (primary N) is 1. The van der Waals surface area contributed by atoms with Gasteiger partial charge in [-0.3, -0.25) is 9.78 Å². The van der Waals surface area contributed by atoms with Gasteiger partial charge in [-0.2, -0.15) is 4.99 Å². The number of thioether (sulfide) groups is 1. The smallest absolute Gasteiger partial charge is 0.252 e. The first-order valence-electron chi connectivity index (χ1n) is 10.5. The van der Waals surface area contributed by atoms with Crippen LogP contribution in [0.1, 0.15) is 5.69 Å². The van der Waals surface area contributed by atoms with E-state index >= 15 is 0 Å². The number of benzene rings is 3. The molecule has 2 aromatic heterocycles. The highest BCUT2D eigenvalue weighted by Crippen LogP contribution is 2.31. The van der Waals surface area contributed by atoms with Gasteiger partial charge in [0.15, 0.2) is 4.34 Å². The molecule has 2 heterocycles. The second-order valence-electron chi connectivity index (χ2n) is 7.36. The topological polar surface area (TPSA) is 109 Å². The molecular formula is C25H20N6OS2. The van der Waals surface area contributed by atoms with Crippen LogP contribution in [0, 0.1) is 0 Å². The van der Waals surface area contributed by atoms with Crippen molar-refractivity contribution in [3.8, 4) is 11.1 Å². The second-order valence-corrected chi connectivity index (χ2v) is 9.62. The molecule has 0 unspecified atom stereocenters. The molecule has 34 heavy (non-hydrogen) atoms. The van der Waals surface area contributed by atoms with Crippen LogP contribution in [0.15, 0.2) is 99.1 Å². The number of nitrogens with zero attached hydrogens (tertiary/aromatic N) is 3. The zero-order chi connectivity index (χ0) is 23.3. The van der Waals surface area contributed by atoms with Gasteiger partial charge in [-0.05, 0) is 35.4 Å². The van der Waals surface area contributed by atoms with E-state index in [0.717, 1.165) is 31.4 Å². The fourth-order valence-corrected chi connectivity index (χ4v) is 5.30. The number of fused-ring (bicyclic) bond motifs is 1. The average Bonchev–Trinajstić information content (AvgIpc) is 3.26. The van der Waals surface area contributed by atoms with Crippen molar-refractivity contribution in [3.63, 3.8) is 0 Å². The Morgan fingerprint density at radius 1 is 0.971 bits per heavy atom. The third-order valence-corrected chi connectivity index (χ3v) is 7.10. The van der Waals surface area contributed by atoms with Crippen molar-refractivity contribution < 1.29 is 0 Å². The van der Waals surface area contributed by atoms with Crippen molar-refractivity contribution in [1.82, 2.24) is 15.0 Å². The molecule has 0 aliphatic carbocycles. The first-order chi connectivity index (χ1) is 16.6. The molecule has 0 fully saturated rings. The number of thiazole rings is 1. The lowest BCUT2D eigenvalue weighted by Gasteiger charge is -2.07. The van der Waals surface area contributed by atoms with Gasteiger partial charge in [0.25, 0.3) is 5.56 Å².